The van der Waals surface area contributed by atoms with Crippen molar-refractivity contribution in [2.24, 2.45) is 0 Å². The van der Waals surface area contributed by atoms with Crippen molar-refractivity contribution in [2.75, 3.05) is 5.73 Å². The number of benzene rings is 1. The second-order valence-electron chi connectivity index (χ2n) is 3.49. The fourth-order valence-corrected chi connectivity index (χ4v) is 1.71. The molecule has 2 rings (SSSR count). The highest BCUT2D eigenvalue weighted by Gasteiger charge is 2.13. The van der Waals surface area contributed by atoms with E-state index >= 15 is 0 Å². The molecule has 0 aliphatic rings. The molecule has 6 heteroatoms. The number of nitrogens with two attached hydrogens (primary N) is 1. The molecule has 0 radical (unpaired) electrons. The molecule has 3 N–H and O–H groups in total. The molecule has 0 aliphatic heterocycles. The Bertz CT molecular complexity index is 600. The molecule has 4 nitrogen and oxygen atoms in total. The molecule has 1 heterocycles. The van der Waals surface area contributed by atoms with Gasteiger partial charge in [0.25, 0.3) is 0 Å². The lowest BCUT2D eigenvalue weighted by Gasteiger charge is -2.02. The lowest BCUT2D eigenvalue weighted by Crippen LogP contribution is -1.96. The molecule has 0 atom stereocenters. The maximum atomic E-state index is 13.5. The molecule has 0 amide bonds. The van der Waals surface area contributed by atoms with Gasteiger partial charge in [-0.25, -0.2) is 4.39 Å². The summed E-state index contributed by atoms with van der Waals surface area (Å²) in [5.74, 6) is -0.267. The van der Waals surface area contributed by atoms with Crippen molar-refractivity contribution in [3.05, 3.63) is 45.9 Å². The number of hydrogen-bond acceptors (Lipinski definition) is 3. The molecule has 0 unspecified atom stereocenters. The zero-order valence-corrected chi connectivity index (χ0v) is 9.42. The van der Waals surface area contributed by atoms with Gasteiger partial charge in [-0.05, 0) is 23.8 Å². The monoisotopic (exact) mass is 250 g/mol. The average molecular weight is 251 g/mol. The second kappa shape index (κ2) is 4.44. The van der Waals surface area contributed by atoms with Crippen LogP contribution in [0.15, 0.2) is 18.2 Å². The van der Waals surface area contributed by atoms with Gasteiger partial charge < -0.3 is 5.73 Å². The van der Waals surface area contributed by atoms with Crippen LogP contribution in [0, 0.1) is 17.1 Å². The topological polar surface area (TPSA) is 78.5 Å². The molecule has 0 spiro atoms. The molecule has 1 aromatic carbocycles. The average Bonchev–Trinajstić information content (AvgIpc) is 2.64. The van der Waals surface area contributed by atoms with Crippen LogP contribution in [-0.4, -0.2) is 10.2 Å². The van der Waals surface area contributed by atoms with Crippen molar-refractivity contribution in [3.63, 3.8) is 0 Å². The number of anilines is 1. The van der Waals surface area contributed by atoms with Crippen LogP contribution in [0.4, 0.5) is 10.2 Å². The summed E-state index contributed by atoms with van der Waals surface area (Å²) in [5.41, 5.74) is 6.59. The summed E-state index contributed by atoms with van der Waals surface area (Å²) >= 11 is 5.78. The summed E-state index contributed by atoms with van der Waals surface area (Å²) in [4.78, 5) is 0. The number of rotatable bonds is 2. The Hall–Kier alpha value is -2.06. The highest BCUT2D eigenvalue weighted by atomic mass is 35.5. The van der Waals surface area contributed by atoms with Crippen molar-refractivity contribution in [2.45, 2.75) is 6.42 Å². The third kappa shape index (κ3) is 2.22. The number of aromatic amines is 1. The molecule has 2 aromatic rings. The molecule has 1 aromatic heterocycles. The number of aromatic nitrogens is 2. The van der Waals surface area contributed by atoms with Gasteiger partial charge in [0.15, 0.2) is 5.82 Å². The standard InChI is InChI=1S/C11H8ClFN4/c12-7-1-2-9(13)6(3-7)4-10-8(5-14)11(15)17-16-10/h1-3H,4H2,(H3,15,16,17). The first-order valence-electron chi connectivity index (χ1n) is 4.78. The van der Waals surface area contributed by atoms with Crippen LogP contribution in [0.2, 0.25) is 5.02 Å². The first kappa shape index (κ1) is 11.4. The first-order chi connectivity index (χ1) is 8.11. The van der Waals surface area contributed by atoms with Gasteiger partial charge in [0.05, 0.1) is 5.69 Å². The number of nitrogens with one attached hydrogen (secondary N) is 1. The van der Waals surface area contributed by atoms with E-state index in [1.165, 1.54) is 18.2 Å². The van der Waals surface area contributed by atoms with Crippen LogP contribution >= 0.6 is 11.6 Å². The van der Waals surface area contributed by atoms with Crippen LogP contribution in [-0.2, 0) is 6.42 Å². The van der Waals surface area contributed by atoms with Gasteiger partial charge in [0.2, 0.25) is 0 Å². The lowest BCUT2D eigenvalue weighted by molar-refractivity contribution is 0.613. The number of nitrogen functional groups attached to an aromatic ring is 1. The molecule has 0 fully saturated rings. The molecular weight excluding hydrogens is 243 g/mol. The predicted octanol–water partition coefficient (Wildman–Crippen LogP) is 2.25. The van der Waals surface area contributed by atoms with Crippen molar-refractivity contribution in [1.82, 2.24) is 10.2 Å². The van der Waals surface area contributed by atoms with E-state index in [9.17, 15) is 4.39 Å². The van der Waals surface area contributed by atoms with E-state index in [4.69, 9.17) is 22.6 Å². The Morgan fingerprint density at radius 2 is 2.29 bits per heavy atom. The van der Waals surface area contributed by atoms with Gasteiger partial charge in [0.1, 0.15) is 17.4 Å². The molecule has 0 bridgehead atoms. The van der Waals surface area contributed by atoms with E-state index in [-0.39, 0.29) is 23.6 Å². The Kier molecular flexibility index (Phi) is 2.98. The highest BCUT2D eigenvalue weighted by molar-refractivity contribution is 6.30. The van der Waals surface area contributed by atoms with E-state index in [0.29, 0.717) is 16.3 Å². The highest BCUT2D eigenvalue weighted by Crippen LogP contribution is 2.20. The van der Waals surface area contributed by atoms with Crippen LogP contribution < -0.4 is 5.73 Å². The van der Waals surface area contributed by atoms with Gasteiger partial charge in [-0.2, -0.15) is 10.4 Å². The summed E-state index contributed by atoms with van der Waals surface area (Å²) in [7, 11) is 0. The van der Waals surface area contributed by atoms with Gasteiger partial charge in [0, 0.05) is 11.4 Å². The summed E-state index contributed by atoms with van der Waals surface area (Å²) in [6.07, 6.45) is 0.194. The molecule has 17 heavy (non-hydrogen) atoms. The predicted molar refractivity (Wildman–Crippen MR) is 61.9 cm³/mol. The zero-order chi connectivity index (χ0) is 12.4. The van der Waals surface area contributed by atoms with E-state index < -0.39 is 0 Å². The summed E-state index contributed by atoms with van der Waals surface area (Å²) < 4.78 is 13.5. The number of halogens is 2. The van der Waals surface area contributed by atoms with Crippen LogP contribution in [0.5, 0.6) is 0 Å². The summed E-state index contributed by atoms with van der Waals surface area (Å²) in [6.45, 7) is 0. The van der Waals surface area contributed by atoms with Crippen molar-refractivity contribution < 1.29 is 4.39 Å². The quantitative estimate of drug-likeness (QED) is 0.858. The van der Waals surface area contributed by atoms with E-state index in [1.807, 2.05) is 6.07 Å². The van der Waals surface area contributed by atoms with Gasteiger partial charge in [-0.1, -0.05) is 11.6 Å². The second-order valence-corrected chi connectivity index (χ2v) is 3.92. The molecule has 0 aliphatic carbocycles. The summed E-state index contributed by atoms with van der Waals surface area (Å²) in [5, 5.41) is 15.6. The summed E-state index contributed by atoms with van der Waals surface area (Å²) in [6, 6.07) is 6.18. The van der Waals surface area contributed by atoms with Gasteiger partial charge in [-0.3, -0.25) is 5.10 Å². The van der Waals surface area contributed by atoms with Gasteiger partial charge >= 0.3 is 0 Å². The minimum absolute atomic E-state index is 0.116. The zero-order valence-electron chi connectivity index (χ0n) is 8.67. The SMILES string of the molecule is N#Cc1c(N)n[nH]c1Cc1cc(Cl)ccc1F. The number of H-pyrrole nitrogens is 1. The normalized spacial score (nSPS) is 10.2. The van der Waals surface area contributed by atoms with Crippen LogP contribution in [0.3, 0.4) is 0 Å². The third-order valence-corrected chi connectivity index (χ3v) is 2.59. The van der Waals surface area contributed by atoms with E-state index in [2.05, 4.69) is 10.2 Å². The Balaban J connectivity index is 2.38. The molecule has 86 valence electrons. The molecular formula is C11H8ClFN4. The first-order valence-corrected chi connectivity index (χ1v) is 5.16. The fourth-order valence-electron chi connectivity index (χ4n) is 1.52. The smallest absolute Gasteiger partial charge is 0.163 e. The van der Waals surface area contributed by atoms with Crippen LogP contribution in [0.1, 0.15) is 16.8 Å². The maximum absolute atomic E-state index is 13.5. The Morgan fingerprint density at radius 3 is 3.00 bits per heavy atom. The van der Waals surface area contributed by atoms with Crippen LogP contribution in [0.25, 0.3) is 0 Å². The van der Waals surface area contributed by atoms with Gasteiger partial charge in [-0.15, -0.1) is 0 Å². The van der Waals surface area contributed by atoms with E-state index in [1.54, 1.807) is 0 Å². The maximum Gasteiger partial charge on any atom is 0.163 e. The van der Waals surface area contributed by atoms with E-state index in [0.717, 1.165) is 0 Å². The largest absolute Gasteiger partial charge is 0.381 e. The fraction of sp³-hybridized carbons (Fsp3) is 0.0909. The minimum atomic E-state index is -0.383. The lowest BCUT2D eigenvalue weighted by atomic mass is 10.1. The van der Waals surface area contributed by atoms with Crippen molar-refractivity contribution in [1.29, 1.82) is 5.26 Å². The number of nitrogens with zero attached hydrogens (tertiary/aromatic N) is 2. The Morgan fingerprint density at radius 1 is 1.53 bits per heavy atom. The number of nitriles is 1. The third-order valence-electron chi connectivity index (χ3n) is 2.36. The molecule has 0 saturated carbocycles. The van der Waals surface area contributed by atoms with Crippen molar-refractivity contribution >= 4 is 17.4 Å². The number of hydrogen-bond donors (Lipinski definition) is 2. The molecule has 0 saturated heterocycles. The minimum Gasteiger partial charge on any atom is -0.381 e. The van der Waals surface area contributed by atoms with Crippen molar-refractivity contribution in [3.8, 4) is 6.07 Å². The Labute approximate surface area is 102 Å².